The van der Waals surface area contributed by atoms with Crippen LogP contribution in [-0.4, -0.2) is 30.5 Å². The summed E-state index contributed by atoms with van der Waals surface area (Å²) in [7, 11) is 1.50. The minimum Gasteiger partial charge on any atom is -0.493 e. The van der Waals surface area contributed by atoms with Crippen LogP contribution in [0.3, 0.4) is 0 Å². The van der Waals surface area contributed by atoms with E-state index in [0.717, 1.165) is 5.56 Å². The fourth-order valence-corrected chi connectivity index (χ4v) is 3.78. The number of carbonyl (C=O) groups is 1. The van der Waals surface area contributed by atoms with Crippen LogP contribution in [0.2, 0.25) is 5.02 Å². The third kappa shape index (κ3) is 5.50. The van der Waals surface area contributed by atoms with E-state index in [4.69, 9.17) is 25.8 Å². The number of esters is 1. The topological polar surface area (TPSA) is 100 Å². The van der Waals surface area contributed by atoms with Gasteiger partial charge in [0, 0.05) is 23.6 Å². The molecule has 0 atom stereocenters. The molecule has 1 heterocycles. The molecule has 1 aliphatic heterocycles. The van der Waals surface area contributed by atoms with Crippen LogP contribution in [0.4, 0.5) is 5.69 Å². The monoisotopic (exact) mass is 492 g/mol. The van der Waals surface area contributed by atoms with Gasteiger partial charge >= 0.3 is 5.97 Å². The number of benzene rings is 3. The van der Waals surface area contributed by atoms with E-state index in [1.165, 1.54) is 19.3 Å². The molecule has 9 heteroatoms. The van der Waals surface area contributed by atoms with Crippen molar-refractivity contribution in [3.63, 3.8) is 0 Å². The Morgan fingerprint density at radius 1 is 1.14 bits per heavy atom. The standard InChI is InChI=1S/C26H21ClN2O6/c1-16-8-9-19(15-22(16)29(31)32)25-28-21(26(30)35-25)13-18-12-20(27)24(23(14-18)33-2)34-11-10-17-6-4-3-5-7-17/h3-9,12-15H,10-11H2,1-2H3/b21-13-. The highest BCUT2D eigenvalue weighted by molar-refractivity contribution is 6.32. The van der Waals surface area contributed by atoms with Crippen molar-refractivity contribution in [2.75, 3.05) is 13.7 Å². The molecule has 0 radical (unpaired) electrons. The second kappa shape index (κ2) is 10.4. The van der Waals surface area contributed by atoms with Crippen molar-refractivity contribution in [2.45, 2.75) is 13.3 Å². The van der Waals surface area contributed by atoms with Gasteiger partial charge in [-0.25, -0.2) is 9.79 Å². The molecule has 35 heavy (non-hydrogen) atoms. The number of halogens is 1. The lowest BCUT2D eigenvalue weighted by Crippen LogP contribution is -2.06. The minimum absolute atomic E-state index is 0.0109. The Kier molecular flexibility index (Phi) is 7.12. The predicted octanol–water partition coefficient (Wildman–Crippen LogP) is 5.53. The molecule has 0 amide bonds. The average molecular weight is 493 g/mol. The number of aliphatic imine (C=N–C) groups is 1. The lowest BCUT2D eigenvalue weighted by molar-refractivity contribution is -0.385. The summed E-state index contributed by atoms with van der Waals surface area (Å²) < 4.78 is 16.6. The van der Waals surface area contributed by atoms with E-state index in [2.05, 4.69) is 4.99 Å². The first-order valence-corrected chi connectivity index (χ1v) is 11.1. The second-order valence-electron chi connectivity index (χ2n) is 7.71. The zero-order valence-corrected chi connectivity index (χ0v) is 19.7. The van der Waals surface area contributed by atoms with Gasteiger partial charge in [0.05, 0.1) is 23.7 Å². The lowest BCUT2D eigenvalue weighted by atomic mass is 10.1. The van der Waals surface area contributed by atoms with Crippen LogP contribution in [0.25, 0.3) is 6.08 Å². The lowest BCUT2D eigenvalue weighted by Gasteiger charge is -2.13. The summed E-state index contributed by atoms with van der Waals surface area (Å²) in [5.41, 5.74) is 2.45. The van der Waals surface area contributed by atoms with Crippen molar-refractivity contribution in [2.24, 2.45) is 4.99 Å². The predicted molar refractivity (Wildman–Crippen MR) is 132 cm³/mol. The third-order valence-corrected chi connectivity index (χ3v) is 5.59. The van der Waals surface area contributed by atoms with Gasteiger partial charge in [-0.2, -0.15) is 0 Å². The largest absolute Gasteiger partial charge is 0.493 e. The molecule has 0 aliphatic carbocycles. The Balaban J connectivity index is 1.56. The SMILES string of the molecule is COc1cc(/C=C2\N=C(c3ccc(C)c([N+](=O)[O-])c3)OC2=O)cc(Cl)c1OCCc1ccccc1. The number of methoxy groups -OCH3 is 1. The van der Waals surface area contributed by atoms with Crippen LogP contribution in [0.1, 0.15) is 22.3 Å². The van der Waals surface area contributed by atoms with Crippen molar-refractivity contribution < 1.29 is 23.9 Å². The van der Waals surface area contributed by atoms with E-state index in [-0.39, 0.29) is 17.3 Å². The van der Waals surface area contributed by atoms with Gasteiger partial charge in [-0.3, -0.25) is 10.1 Å². The molecular formula is C26H21ClN2O6. The number of hydrogen-bond donors (Lipinski definition) is 0. The molecule has 3 aromatic carbocycles. The van der Waals surface area contributed by atoms with E-state index in [1.807, 2.05) is 30.3 Å². The molecule has 8 nitrogen and oxygen atoms in total. The molecule has 1 aliphatic rings. The number of nitro groups is 1. The Morgan fingerprint density at radius 3 is 2.63 bits per heavy atom. The number of carbonyl (C=O) groups excluding carboxylic acids is 1. The quantitative estimate of drug-likeness (QED) is 0.177. The van der Waals surface area contributed by atoms with Gasteiger partial charge in [-0.05, 0) is 42.3 Å². The van der Waals surface area contributed by atoms with Crippen molar-refractivity contribution in [3.8, 4) is 11.5 Å². The summed E-state index contributed by atoms with van der Waals surface area (Å²) >= 11 is 6.45. The third-order valence-electron chi connectivity index (χ3n) is 5.31. The number of cyclic esters (lactones) is 1. The van der Waals surface area contributed by atoms with Crippen LogP contribution in [0.5, 0.6) is 11.5 Å². The number of nitrogens with zero attached hydrogens (tertiary/aromatic N) is 2. The first-order valence-electron chi connectivity index (χ1n) is 10.7. The molecule has 0 spiro atoms. The van der Waals surface area contributed by atoms with Crippen molar-refractivity contribution >= 4 is 35.2 Å². The maximum absolute atomic E-state index is 12.4. The number of hydrogen-bond acceptors (Lipinski definition) is 7. The Hall–Kier alpha value is -4.17. The van der Waals surface area contributed by atoms with E-state index in [9.17, 15) is 14.9 Å². The molecular weight excluding hydrogens is 472 g/mol. The maximum Gasteiger partial charge on any atom is 0.363 e. The average Bonchev–Trinajstić information content (AvgIpc) is 3.20. The summed E-state index contributed by atoms with van der Waals surface area (Å²) in [4.78, 5) is 27.4. The molecule has 0 aromatic heterocycles. The molecule has 0 unspecified atom stereocenters. The molecule has 0 saturated carbocycles. The Bertz CT molecular complexity index is 1350. The number of nitro benzene ring substituents is 1. The van der Waals surface area contributed by atoms with Gasteiger partial charge in [0.15, 0.2) is 17.2 Å². The van der Waals surface area contributed by atoms with Crippen LogP contribution >= 0.6 is 11.6 Å². The first-order chi connectivity index (χ1) is 16.9. The molecule has 0 N–H and O–H groups in total. The van der Waals surface area contributed by atoms with E-state index < -0.39 is 10.9 Å². The van der Waals surface area contributed by atoms with Gasteiger partial charge in [-0.15, -0.1) is 0 Å². The highest BCUT2D eigenvalue weighted by Crippen LogP contribution is 2.37. The van der Waals surface area contributed by atoms with Crippen molar-refractivity contribution in [3.05, 3.63) is 104 Å². The van der Waals surface area contributed by atoms with Crippen LogP contribution in [-0.2, 0) is 16.0 Å². The zero-order chi connectivity index (χ0) is 24.9. The highest BCUT2D eigenvalue weighted by Gasteiger charge is 2.26. The van der Waals surface area contributed by atoms with E-state index >= 15 is 0 Å². The Labute approximate surface area is 206 Å². The fraction of sp³-hybridized carbons (Fsp3) is 0.154. The normalized spacial score (nSPS) is 14.0. The molecule has 0 fully saturated rings. The molecule has 0 bridgehead atoms. The van der Waals surface area contributed by atoms with Gasteiger partial charge in [0.2, 0.25) is 5.90 Å². The first kappa shape index (κ1) is 24.0. The van der Waals surface area contributed by atoms with Crippen molar-refractivity contribution in [1.29, 1.82) is 0 Å². The molecule has 178 valence electrons. The molecule has 3 aromatic rings. The van der Waals surface area contributed by atoms with Gasteiger partial charge in [-0.1, -0.05) is 48.0 Å². The maximum atomic E-state index is 12.4. The van der Waals surface area contributed by atoms with Gasteiger partial charge < -0.3 is 14.2 Å². The molecule has 4 rings (SSSR count). The van der Waals surface area contributed by atoms with Gasteiger partial charge in [0.1, 0.15) is 0 Å². The number of rotatable bonds is 8. The molecule has 0 saturated heterocycles. The zero-order valence-electron chi connectivity index (χ0n) is 19.0. The van der Waals surface area contributed by atoms with Crippen LogP contribution in [0, 0.1) is 17.0 Å². The summed E-state index contributed by atoms with van der Waals surface area (Å²) in [5, 5.41) is 11.5. The number of aryl methyl sites for hydroxylation is 1. The second-order valence-corrected chi connectivity index (χ2v) is 8.12. The van der Waals surface area contributed by atoms with Crippen LogP contribution < -0.4 is 9.47 Å². The number of ether oxygens (including phenoxy) is 3. The fourth-order valence-electron chi connectivity index (χ4n) is 3.51. The summed E-state index contributed by atoms with van der Waals surface area (Å²) in [6.07, 6.45) is 2.20. The van der Waals surface area contributed by atoms with Crippen LogP contribution in [0.15, 0.2) is 71.4 Å². The minimum atomic E-state index is -0.679. The summed E-state index contributed by atoms with van der Waals surface area (Å²) in [6, 6.07) is 17.7. The van der Waals surface area contributed by atoms with E-state index in [0.29, 0.717) is 46.2 Å². The van der Waals surface area contributed by atoms with Crippen molar-refractivity contribution in [1.82, 2.24) is 0 Å². The van der Waals surface area contributed by atoms with Gasteiger partial charge in [0.25, 0.3) is 5.69 Å². The highest BCUT2D eigenvalue weighted by atomic mass is 35.5. The summed E-state index contributed by atoms with van der Waals surface area (Å²) in [5.74, 6) is 0.115. The van der Waals surface area contributed by atoms with E-state index in [1.54, 1.807) is 31.2 Å². The Morgan fingerprint density at radius 2 is 1.91 bits per heavy atom. The smallest absolute Gasteiger partial charge is 0.363 e. The summed E-state index contributed by atoms with van der Waals surface area (Å²) in [6.45, 7) is 2.03.